The summed E-state index contributed by atoms with van der Waals surface area (Å²) in [6.07, 6.45) is 0.352. The first-order chi connectivity index (χ1) is 8.24. The predicted octanol–water partition coefficient (Wildman–Crippen LogP) is 0.0195. The summed E-state index contributed by atoms with van der Waals surface area (Å²) >= 11 is 0. The van der Waals surface area contributed by atoms with Gasteiger partial charge in [0.05, 0.1) is 6.10 Å². The second-order valence-corrected chi connectivity index (χ2v) is 5.45. The van der Waals surface area contributed by atoms with Crippen molar-refractivity contribution < 1.29 is 14.7 Å². The fourth-order valence-electron chi connectivity index (χ4n) is 1.81. The third-order valence-electron chi connectivity index (χ3n) is 3.08. The standard InChI is InChI=1S/C12H23N3O3/c1-9(16)5-6-14(4)7-8-15-10(17)12(2,3)13-11(15)18/h9,16H,5-8H2,1-4H3,(H,13,18). The summed E-state index contributed by atoms with van der Waals surface area (Å²) < 4.78 is 0. The zero-order valence-electron chi connectivity index (χ0n) is 11.6. The van der Waals surface area contributed by atoms with Crippen LogP contribution in [-0.4, -0.2) is 65.2 Å². The Morgan fingerprint density at radius 2 is 2.00 bits per heavy atom. The van der Waals surface area contributed by atoms with Crippen LogP contribution in [0.15, 0.2) is 0 Å². The molecule has 6 heteroatoms. The van der Waals surface area contributed by atoms with Gasteiger partial charge >= 0.3 is 6.03 Å². The van der Waals surface area contributed by atoms with Gasteiger partial charge in [-0.1, -0.05) is 0 Å². The fourth-order valence-corrected chi connectivity index (χ4v) is 1.81. The van der Waals surface area contributed by atoms with Crippen molar-refractivity contribution in [3.8, 4) is 0 Å². The maximum atomic E-state index is 11.9. The Labute approximate surface area is 108 Å². The van der Waals surface area contributed by atoms with Gasteiger partial charge in [-0.15, -0.1) is 0 Å². The molecular weight excluding hydrogens is 234 g/mol. The van der Waals surface area contributed by atoms with E-state index in [2.05, 4.69) is 5.32 Å². The minimum Gasteiger partial charge on any atom is -0.393 e. The Balaban J connectivity index is 2.40. The van der Waals surface area contributed by atoms with Crippen LogP contribution in [0.3, 0.4) is 0 Å². The maximum Gasteiger partial charge on any atom is 0.325 e. The van der Waals surface area contributed by atoms with E-state index in [1.165, 1.54) is 4.90 Å². The van der Waals surface area contributed by atoms with Crippen molar-refractivity contribution in [2.75, 3.05) is 26.7 Å². The molecule has 1 aliphatic rings. The normalized spacial score (nSPS) is 20.4. The number of urea groups is 1. The molecule has 0 aromatic heterocycles. The number of hydrogen-bond donors (Lipinski definition) is 2. The van der Waals surface area contributed by atoms with E-state index in [1.54, 1.807) is 20.8 Å². The molecule has 1 saturated heterocycles. The lowest BCUT2D eigenvalue weighted by molar-refractivity contribution is -0.130. The van der Waals surface area contributed by atoms with Crippen molar-refractivity contribution in [1.82, 2.24) is 15.1 Å². The summed E-state index contributed by atoms with van der Waals surface area (Å²) in [5.41, 5.74) is -0.796. The monoisotopic (exact) mass is 257 g/mol. The van der Waals surface area contributed by atoms with Gasteiger partial charge in [0.25, 0.3) is 5.91 Å². The lowest BCUT2D eigenvalue weighted by Gasteiger charge is -2.21. The van der Waals surface area contributed by atoms with Crippen LogP contribution in [0, 0.1) is 0 Å². The van der Waals surface area contributed by atoms with Crippen LogP contribution in [0.5, 0.6) is 0 Å². The van der Waals surface area contributed by atoms with E-state index in [-0.39, 0.29) is 18.0 Å². The zero-order chi connectivity index (χ0) is 13.9. The first-order valence-electron chi connectivity index (χ1n) is 6.25. The number of imide groups is 1. The highest BCUT2D eigenvalue weighted by molar-refractivity contribution is 6.06. The van der Waals surface area contributed by atoms with Crippen molar-refractivity contribution in [2.45, 2.75) is 38.8 Å². The third-order valence-corrected chi connectivity index (χ3v) is 3.08. The van der Waals surface area contributed by atoms with E-state index in [1.807, 2.05) is 11.9 Å². The van der Waals surface area contributed by atoms with Crippen molar-refractivity contribution >= 4 is 11.9 Å². The highest BCUT2D eigenvalue weighted by atomic mass is 16.3. The number of carbonyl (C=O) groups is 2. The van der Waals surface area contributed by atoms with E-state index in [0.717, 1.165) is 6.54 Å². The van der Waals surface area contributed by atoms with Crippen LogP contribution in [-0.2, 0) is 4.79 Å². The first kappa shape index (κ1) is 14.9. The SMILES string of the molecule is CC(O)CCN(C)CCN1C(=O)NC(C)(C)C1=O. The van der Waals surface area contributed by atoms with Crippen LogP contribution in [0.4, 0.5) is 4.79 Å². The summed E-state index contributed by atoms with van der Waals surface area (Å²) in [5, 5.41) is 11.8. The van der Waals surface area contributed by atoms with Gasteiger partial charge in [0.1, 0.15) is 5.54 Å². The minimum atomic E-state index is -0.796. The summed E-state index contributed by atoms with van der Waals surface area (Å²) in [6, 6.07) is -0.325. The molecule has 0 radical (unpaired) electrons. The Hall–Kier alpha value is -1.14. The van der Waals surface area contributed by atoms with Crippen molar-refractivity contribution in [3.05, 3.63) is 0 Å². The van der Waals surface area contributed by atoms with Crippen molar-refractivity contribution in [2.24, 2.45) is 0 Å². The average Bonchev–Trinajstić information content (AvgIpc) is 2.43. The zero-order valence-corrected chi connectivity index (χ0v) is 11.6. The van der Waals surface area contributed by atoms with Crippen LogP contribution >= 0.6 is 0 Å². The largest absolute Gasteiger partial charge is 0.393 e. The number of likely N-dealkylation sites (N-methyl/N-ethyl adjacent to an activating group) is 1. The molecule has 0 spiro atoms. The molecule has 1 rings (SSSR count). The minimum absolute atomic E-state index is 0.184. The van der Waals surface area contributed by atoms with E-state index in [9.17, 15) is 14.7 Å². The Morgan fingerprint density at radius 1 is 1.39 bits per heavy atom. The second-order valence-electron chi connectivity index (χ2n) is 5.45. The molecule has 6 nitrogen and oxygen atoms in total. The van der Waals surface area contributed by atoms with Gasteiger partial charge in [-0.05, 0) is 34.2 Å². The molecular formula is C12H23N3O3. The number of carbonyl (C=O) groups excluding carboxylic acids is 2. The van der Waals surface area contributed by atoms with Crippen molar-refractivity contribution in [3.63, 3.8) is 0 Å². The topological polar surface area (TPSA) is 72.9 Å². The molecule has 1 atom stereocenters. The number of nitrogens with zero attached hydrogens (tertiary/aromatic N) is 2. The molecule has 1 aliphatic heterocycles. The molecule has 104 valence electrons. The Morgan fingerprint density at radius 3 is 2.44 bits per heavy atom. The number of aliphatic hydroxyl groups is 1. The molecule has 2 N–H and O–H groups in total. The van der Waals surface area contributed by atoms with Gasteiger partial charge < -0.3 is 15.3 Å². The lowest BCUT2D eigenvalue weighted by Crippen LogP contribution is -2.41. The van der Waals surface area contributed by atoms with E-state index >= 15 is 0 Å². The molecule has 0 aliphatic carbocycles. The van der Waals surface area contributed by atoms with Gasteiger partial charge in [0.2, 0.25) is 0 Å². The van der Waals surface area contributed by atoms with Gasteiger partial charge in [0.15, 0.2) is 0 Å². The highest BCUT2D eigenvalue weighted by Gasteiger charge is 2.43. The maximum absolute atomic E-state index is 11.9. The smallest absolute Gasteiger partial charge is 0.325 e. The number of nitrogens with one attached hydrogen (secondary N) is 1. The molecule has 1 heterocycles. The molecule has 18 heavy (non-hydrogen) atoms. The number of rotatable bonds is 6. The summed E-state index contributed by atoms with van der Waals surface area (Å²) in [6.45, 7) is 6.87. The Bertz CT molecular complexity index is 329. The van der Waals surface area contributed by atoms with Gasteiger partial charge in [-0.3, -0.25) is 9.69 Å². The summed E-state index contributed by atoms with van der Waals surface area (Å²) in [5.74, 6) is -0.184. The Kier molecular flexibility index (Phi) is 4.70. The van der Waals surface area contributed by atoms with Gasteiger partial charge in [-0.2, -0.15) is 0 Å². The average molecular weight is 257 g/mol. The van der Waals surface area contributed by atoms with Crippen LogP contribution in [0.25, 0.3) is 0 Å². The van der Waals surface area contributed by atoms with E-state index in [0.29, 0.717) is 19.5 Å². The van der Waals surface area contributed by atoms with E-state index < -0.39 is 5.54 Å². The molecule has 0 aromatic rings. The first-order valence-corrected chi connectivity index (χ1v) is 6.25. The molecule has 0 aromatic carbocycles. The van der Waals surface area contributed by atoms with Crippen molar-refractivity contribution in [1.29, 1.82) is 0 Å². The molecule has 0 bridgehead atoms. The van der Waals surface area contributed by atoms with Crippen LogP contribution < -0.4 is 5.32 Å². The number of aliphatic hydroxyl groups excluding tert-OH is 1. The lowest BCUT2D eigenvalue weighted by atomic mass is 10.1. The highest BCUT2D eigenvalue weighted by Crippen LogP contribution is 2.16. The summed E-state index contributed by atoms with van der Waals surface area (Å²) in [7, 11) is 1.91. The van der Waals surface area contributed by atoms with Crippen LogP contribution in [0.1, 0.15) is 27.2 Å². The predicted molar refractivity (Wildman–Crippen MR) is 68.1 cm³/mol. The molecule has 1 unspecified atom stereocenters. The second kappa shape index (κ2) is 5.67. The third kappa shape index (κ3) is 3.68. The van der Waals surface area contributed by atoms with E-state index in [4.69, 9.17) is 0 Å². The number of amides is 3. The summed E-state index contributed by atoms with van der Waals surface area (Å²) in [4.78, 5) is 26.8. The quantitative estimate of drug-likeness (QED) is 0.658. The molecule has 1 fully saturated rings. The fraction of sp³-hybridized carbons (Fsp3) is 0.833. The van der Waals surface area contributed by atoms with Crippen LogP contribution in [0.2, 0.25) is 0 Å². The molecule has 0 saturated carbocycles. The van der Waals surface area contributed by atoms with Gasteiger partial charge in [0, 0.05) is 19.6 Å². The van der Waals surface area contributed by atoms with Gasteiger partial charge in [-0.25, -0.2) is 4.79 Å². The molecule has 3 amide bonds. The number of hydrogen-bond acceptors (Lipinski definition) is 4.